The van der Waals surface area contributed by atoms with Crippen LogP contribution < -0.4 is 10.6 Å². The van der Waals surface area contributed by atoms with Crippen molar-refractivity contribution in [2.24, 2.45) is 4.99 Å². The molecule has 8 heteroatoms. The van der Waals surface area contributed by atoms with Crippen molar-refractivity contribution in [2.45, 2.75) is 39.7 Å². The van der Waals surface area contributed by atoms with E-state index < -0.39 is 0 Å². The summed E-state index contributed by atoms with van der Waals surface area (Å²) in [5.41, 5.74) is 0. The van der Waals surface area contributed by atoms with Crippen molar-refractivity contribution in [3.63, 3.8) is 0 Å². The van der Waals surface area contributed by atoms with Crippen LogP contribution in [-0.2, 0) is 25.8 Å². The lowest BCUT2D eigenvalue weighted by Gasteiger charge is -2.09. The van der Waals surface area contributed by atoms with E-state index in [4.69, 9.17) is 0 Å². The van der Waals surface area contributed by atoms with Gasteiger partial charge in [-0.15, -0.1) is 46.7 Å². The Morgan fingerprint density at radius 2 is 1.65 bits per heavy atom. The van der Waals surface area contributed by atoms with Crippen molar-refractivity contribution >= 4 is 52.6 Å². The number of aryl methyl sites for hydroxylation is 2. The first-order chi connectivity index (χ1) is 10.7. The molecule has 2 rings (SSSR count). The summed E-state index contributed by atoms with van der Waals surface area (Å²) in [5, 5.41) is 8.88. The van der Waals surface area contributed by atoms with E-state index in [0.29, 0.717) is 6.54 Å². The van der Waals surface area contributed by atoms with Crippen LogP contribution in [0.1, 0.15) is 33.6 Å². The highest BCUT2D eigenvalue weighted by Gasteiger charge is 2.04. The number of rotatable bonds is 7. The van der Waals surface area contributed by atoms with Gasteiger partial charge in [-0.3, -0.25) is 4.99 Å². The van der Waals surface area contributed by atoms with E-state index in [1.54, 1.807) is 29.7 Å². The number of hydrogen-bond donors (Lipinski definition) is 2. The molecule has 0 aliphatic heterocycles. The van der Waals surface area contributed by atoms with Crippen LogP contribution in [0.4, 0.5) is 0 Å². The van der Waals surface area contributed by atoms with Crippen LogP contribution in [0.2, 0.25) is 0 Å². The molecule has 0 fully saturated rings. The molecule has 0 saturated carbocycles. The predicted molar refractivity (Wildman–Crippen MR) is 110 cm³/mol. The summed E-state index contributed by atoms with van der Waals surface area (Å²) in [6.07, 6.45) is 6.94. The number of guanidine groups is 1. The minimum Gasteiger partial charge on any atom is -0.356 e. The van der Waals surface area contributed by atoms with Crippen molar-refractivity contribution in [2.75, 3.05) is 13.6 Å². The fourth-order valence-corrected chi connectivity index (χ4v) is 3.55. The SMILES string of the molecule is CCc1cnc(CCNC(=NC)NCc2ncc(CC)s2)s1.I. The predicted octanol–water partition coefficient (Wildman–Crippen LogP) is 3.25. The van der Waals surface area contributed by atoms with Crippen molar-refractivity contribution in [3.05, 3.63) is 32.2 Å². The zero-order chi connectivity index (χ0) is 15.8. The third kappa shape index (κ3) is 6.72. The van der Waals surface area contributed by atoms with E-state index in [0.717, 1.165) is 36.8 Å². The van der Waals surface area contributed by atoms with E-state index in [1.807, 2.05) is 12.4 Å². The highest BCUT2D eigenvalue weighted by molar-refractivity contribution is 14.0. The zero-order valence-corrected chi connectivity index (χ0v) is 17.7. The molecule has 128 valence electrons. The molecule has 0 saturated heterocycles. The van der Waals surface area contributed by atoms with E-state index in [-0.39, 0.29) is 24.0 Å². The summed E-state index contributed by atoms with van der Waals surface area (Å²) in [5.74, 6) is 0.806. The highest BCUT2D eigenvalue weighted by Crippen LogP contribution is 2.14. The standard InChI is InChI=1S/C15H23N5S2.HI/c1-4-11-8-18-13(21-11)6-7-17-15(16-3)20-10-14-19-9-12(5-2)22-14;/h8-9H,4-7,10H2,1-3H3,(H2,16,17,20);1H. The quantitative estimate of drug-likeness (QED) is 0.375. The maximum Gasteiger partial charge on any atom is 0.191 e. The summed E-state index contributed by atoms with van der Waals surface area (Å²) in [6, 6.07) is 0. The molecule has 2 aromatic rings. The molecule has 2 aromatic heterocycles. The van der Waals surface area contributed by atoms with Crippen LogP contribution in [0.3, 0.4) is 0 Å². The van der Waals surface area contributed by atoms with Gasteiger partial charge in [0, 0.05) is 42.2 Å². The number of hydrogen-bond acceptors (Lipinski definition) is 5. The number of aromatic nitrogens is 2. The Labute approximate surface area is 163 Å². The second kappa shape index (κ2) is 10.9. The Morgan fingerprint density at radius 1 is 1.04 bits per heavy atom. The highest BCUT2D eigenvalue weighted by atomic mass is 127. The summed E-state index contributed by atoms with van der Waals surface area (Å²) in [6.45, 7) is 5.84. The van der Waals surface area contributed by atoms with Crippen LogP contribution in [0, 0.1) is 0 Å². The van der Waals surface area contributed by atoms with Gasteiger partial charge in [0.1, 0.15) is 5.01 Å². The van der Waals surface area contributed by atoms with Crippen molar-refractivity contribution in [3.8, 4) is 0 Å². The van der Waals surface area contributed by atoms with E-state index >= 15 is 0 Å². The summed E-state index contributed by atoms with van der Waals surface area (Å²) < 4.78 is 0. The maximum atomic E-state index is 4.43. The number of thiazole rings is 2. The summed E-state index contributed by atoms with van der Waals surface area (Å²) >= 11 is 3.53. The van der Waals surface area contributed by atoms with Crippen molar-refractivity contribution < 1.29 is 0 Å². The first kappa shape index (κ1) is 20.3. The van der Waals surface area contributed by atoms with Gasteiger partial charge in [0.25, 0.3) is 0 Å². The molecule has 0 atom stereocenters. The molecular weight excluding hydrogens is 441 g/mol. The van der Waals surface area contributed by atoms with Crippen LogP contribution in [0.5, 0.6) is 0 Å². The van der Waals surface area contributed by atoms with Gasteiger partial charge in [0.15, 0.2) is 5.96 Å². The number of aliphatic imine (C=N–C) groups is 1. The van der Waals surface area contributed by atoms with Gasteiger partial charge in [-0.2, -0.15) is 0 Å². The van der Waals surface area contributed by atoms with Gasteiger partial charge in [0.05, 0.1) is 11.6 Å². The van der Waals surface area contributed by atoms with Gasteiger partial charge in [0.2, 0.25) is 0 Å². The number of nitrogens with zero attached hydrogens (tertiary/aromatic N) is 3. The van der Waals surface area contributed by atoms with E-state index in [1.165, 1.54) is 14.8 Å². The molecule has 0 unspecified atom stereocenters. The van der Waals surface area contributed by atoms with Gasteiger partial charge in [-0.1, -0.05) is 13.8 Å². The normalized spacial score (nSPS) is 11.2. The third-order valence-corrected chi connectivity index (χ3v) is 5.50. The average Bonchev–Trinajstić information content (AvgIpc) is 3.19. The van der Waals surface area contributed by atoms with Crippen LogP contribution in [-0.4, -0.2) is 29.5 Å². The second-order valence-corrected chi connectivity index (χ2v) is 7.15. The molecule has 0 aromatic carbocycles. The van der Waals surface area contributed by atoms with Gasteiger partial charge in [-0.05, 0) is 12.8 Å². The lowest BCUT2D eigenvalue weighted by Crippen LogP contribution is -2.37. The van der Waals surface area contributed by atoms with Gasteiger partial charge >= 0.3 is 0 Å². The molecule has 0 aliphatic rings. The van der Waals surface area contributed by atoms with Crippen molar-refractivity contribution in [1.29, 1.82) is 0 Å². The molecule has 0 bridgehead atoms. The minimum absolute atomic E-state index is 0. The molecule has 23 heavy (non-hydrogen) atoms. The topological polar surface area (TPSA) is 62.2 Å². The fraction of sp³-hybridized carbons (Fsp3) is 0.533. The largest absolute Gasteiger partial charge is 0.356 e. The molecule has 5 nitrogen and oxygen atoms in total. The smallest absolute Gasteiger partial charge is 0.191 e. The molecule has 2 heterocycles. The van der Waals surface area contributed by atoms with Crippen LogP contribution >= 0.6 is 46.7 Å². The maximum absolute atomic E-state index is 4.43. The lowest BCUT2D eigenvalue weighted by molar-refractivity contribution is 0.789. The Bertz CT molecular complexity index is 609. The minimum atomic E-state index is 0. The fourth-order valence-electron chi connectivity index (χ4n) is 1.89. The second-order valence-electron chi connectivity index (χ2n) is 4.75. The first-order valence-corrected chi connectivity index (χ1v) is 9.20. The number of nitrogens with one attached hydrogen (secondary N) is 2. The summed E-state index contributed by atoms with van der Waals surface area (Å²) in [7, 11) is 1.78. The molecule has 0 spiro atoms. The Balaban J connectivity index is 0.00000264. The number of halogens is 1. The Morgan fingerprint density at radius 3 is 2.22 bits per heavy atom. The molecule has 0 amide bonds. The molecular formula is C15H24IN5S2. The molecule has 2 N–H and O–H groups in total. The summed E-state index contributed by atoms with van der Waals surface area (Å²) in [4.78, 5) is 15.7. The van der Waals surface area contributed by atoms with Crippen molar-refractivity contribution in [1.82, 2.24) is 20.6 Å². The Kier molecular flexibility index (Phi) is 9.65. The van der Waals surface area contributed by atoms with Gasteiger partial charge < -0.3 is 10.6 Å². The Hall–Kier alpha value is -0.740. The van der Waals surface area contributed by atoms with Crippen LogP contribution in [0.15, 0.2) is 17.4 Å². The average molecular weight is 465 g/mol. The zero-order valence-electron chi connectivity index (χ0n) is 13.8. The van der Waals surface area contributed by atoms with Crippen LogP contribution in [0.25, 0.3) is 0 Å². The van der Waals surface area contributed by atoms with E-state index in [9.17, 15) is 0 Å². The molecule has 0 aliphatic carbocycles. The monoisotopic (exact) mass is 465 g/mol. The third-order valence-electron chi connectivity index (χ3n) is 3.16. The molecule has 0 radical (unpaired) electrons. The lowest BCUT2D eigenvalue weighted by atomic mass is 10.4. The van der Waals surface area contributed by atoms with Gasteiger partial charge in [-0.25, -0.2) is 9.97 Å². The first-order valence-electron chi connectivity index (χ1n) is 7.56. The van der Waals surface area contributed by atoms with E-state index in [2.05, 4.69) is 39.4 Å².